The van der Waals surface area contributed by atoms with E-state index in [1.165, 1.54) is 0 Å². The molecule has 2 aromatic rings. The first-order valence-corrected chi connectivity index (χ1v) is 8.80. The fourth-order valence-corrected chi connectivity index (χ4v) is 2.86. The molecule has 1 heterocycles. The first-order chi connectivity index (χ1) is 12.7. The van der Waals surface area contributed by atoms with Crippen LogP contribution in [0.3, 0.4) is 0 Å². The van der Waals surface area contributed by atoms with Crippen molar-refractivity contribution in [2.45, 2.75) is 32.9 Å². The van der Waals surface area contributed by atoms with Crippen LogP contribution in [-0.2, 0) is 11.3 Å². The molecule has 3 rings (SSSR count). The Morgan fingerprint density at radius 1 is 1.07 bits per heavy atom. The van der Waals surface area contributed by atoms with Crippen LogP contribution in [0.1, 0.15) is 36.7 Å². The van der Waals surface area contributed by atoms with Crippen LogP contribution in [0.4, 0.5) is 4.79 Å². The highest BCUT2D eigenvalue weighted by molar-refractivity contribution is 5.88. The number of carbonyl (C=O) groups is 2. The number of rotatable bonds is 2. The fraction of sp³-hybridized carbons (Fsp3) is 0.333. The van der Waals surface area contributed by atoms with Gasteiger partial charge >= 0.3 is 12.1 Å². The summed E-state index contributed by atoms with van der Waals surface area (Å²) in [5.41, 5.74) is 2.41. The van der Waals surface area contributed by atoms with Gasteiger partial charge in [0.25, 0.3) is 0 Å². The van der Waals surface area contributed by atoms with Crippen molar-refractivity contribution in [2.75, 3.05) is 13.2 Å². The van der Waals surface area contributed by atoms with Gasteiger partial charge in [0.2, 0.25) is 0 Å². The van der Waals surface area contributed by atoms with E-state index in [1.54, 1.807) is 29.2 Å². The van der Waals surface area contributed by atoms with Crippen molar-refractivity contribution in [3.8, 4) is 16.9 Å². The molecule has 6 heteroatoms. The van der Waals surface area contributed by atoms with Gasteiger partial charge in [-0.1, -0.05) is 18.2 Å². The van der Waals surface area contributed by atoms with Crippen molar-refractivity contribution in [3.63, 3.8) is 0 Å². The normalized spacial score (nSPS) is 14.0. The SMILES string of the molecule is CC(C)(C)OC(=O)N1CCOc2ccc(-c3ccc(C(=O)O)cc3)cc2C1. The lowest BCUT2D eigenvalue weighted by atomic mass is 10.0. The van der Waals surface area contributed by atoms with E-state index in [-0.39, 0.29) is 11.7 Å². The zero-order valence-electron chi connectivity index (χ0n) is 15.7. The zero-order chi connectivity index (χ0) is 19.6. The quantitative estimate of drug-likeness (QED) is 0.859. The molecule has 0 aromatic heterocycles. The van der Waals surface area contributed by atoms with E-state index in [1.807, 2.05) is 39.0 Å². The molecule has 0 atom stereocenters. The van der Waals surface area contributed by atoms with Gasteiger partial charge in [-0.25, -0.2) is 9.59 Å². The summed E-state index contributed by atoms with van der Waals surface area (Å²) in [6, 6.07) is 12.5. The number of fused-ring (bicyclic) bond motifs is 1. The third-order valence-corrected chi connectivity index (χ3v) is 4.16. The highest BCUT2D eigenvalue weighted by Gasteiger charge is 2.25. The Morgan fingerprint density at radius 2 is 1.74 bits per heavy atom. The van der Waals surface area contributed by atoms with Crippen molar-refractivity contribution < 1.29 is 24.2 Å². The summed E-state index contributed by atoms with van der Waals surface area (Å²) in [5.74, 6) is -0.211. The predicted molar refractivity (Wildman–Crippen MR) is 101 cm³/mol. The number of ether oxygens (including phenoxy) is 2. The topological polar surface area (TPSA) is 76.1 Å². The number of nitrogens with zero attached hydrogens (tertiary/aromatic N) is 1. The summed E-state index contributed by atoms with van der Waals surface area (Å²) in [4.78, 5) is 25.1. The number of hydrogen-bond donors (Lipinski definition) is 1. The van der Waals surface area contributed by atoms with E-state index in [4.69, 9.17) is 14.6 Å². The highest BCUT2D eigenvalue weighted by atomic mass is 16.6. The van der Waals surface area contributed by atoms with Gasteiger partial charge in [0.05, 0.1) is 18.7 Å². The summed E-state index contributed by atoms with van der Waals surface area (Å²) < 4.78 is 11.2. The minimum atomic E-state index is -0.954. The molecule has 1 N–H and O–H groups in total. The van der Waals surface area contributed by atoms with Crippen LogP contribution in [0, 0.1) is 0 Å². The summed E-state index contributed by atoms with van der Waals surface area (Å²) in [6.07, 6.45) is -0.366. The van der Waals surface area contributed by atoms with Gasteiger partial charge in [0, 0.05) is 5.56 Å². The number of aromatic carboxylic acids is 1. The van der Waals surface area contributed by atoms with Crippen molar-refractivity contribution in [3.05, 3.63) is 53.6 Å². The number of benzene rings is 2. The first-order valence-electron chi connectivity index (χ1n) is 8.80. The van der Waals surface area contributed by atoms with Crippen LogP contribution in [-0.4, -0.2) is 40.8 Å². The van der Waals surface area contributed by atoms with Crippen molar-refractivity contribution in [2.24, 2.45) is 0 Å². The molecule has 1 aliphatic heterocycles. The van der Waals surface area contributed by atoms with Gasteiger partial charge < -0.3 is 19.5 Å². The lowest BCUT2D eigenvalue weighted by Gasteiger charge is -2.26. The van der Waals surface area contributed by atoms with Gasteiger partial charge in [-0.05, 0) is 56.2 Å². The first kappa shape index (κ1) is 18.8. The maximum absolute atomic E-state index is 12.4. The van der Waals surface area contributed by atoms with Gasteiger partial charge in [0.1, 0.15) is 18.0 Å². The molecular weight excluding hydrogens is 346 g/mol. The van der Waals surface area contributed by atoms with E-state index in [2.05, 4.69) is 0 Å². The smallest absolute Gasteiger partial charge is 0.410 e. The molecule has 27 heavy (non-hydrogen) atoms. The second-order valence-electron chi connectivity index (χ2n) is 7.46. The number of carboxylic acids is 1. The molecule has 142 valence electrons. The van der Waals surface area contributed by atoms with Crippen molar-refractivity contribution in [1.29, 1.82) is 0 Å². The molecule has 0 bridgehead atoms. The molecule has 1 aliphatic rings. The Hall–Kier alpha value is -3.02. The lowest BCUT2D eigenvalue weighted by molar-refractivity contribution is 0.0225. The second-order valence-corrected chi connectivity index (χ2v) is 7.46. The fourth-order valence-electron chi connectivity index (χ4n) is 2.86. The Morgan fingerprint density at radius 3 is 2.37 bits per heavy atom. The largest absolute Gasteiger partial charge is 0.491 e. The Balaban J connectivity index is 1.85. The molecule has 1 amide bonds. The molecule has 0 spiro atoms. The maximum Gasteiger partial charge on any atom is 0.410 e. The molecule has 6 nitrogen and oxygen atoms in total. The molecule has 0 radical (unpaired) electrons. The number of carboxylic acid groups (broad SMARTS) is 1. The predicted octanol–water partition coefficient (Wildman–Crippen LogP) is 4.18. The van der Waals surface area contributed by atoms with Crippen molar-refractivity contribution in [1.82, 2.24) is 4.90 Å². The van der Waals surface area contributed by atoms with E-state index in [9.17, 15) is 9.59 Å². The molecule has 0 unspecified atom stereocenters. The Labute approximate surface area is 158 Å². The van der Waals surface area contributed by atoms with Crippen LogP contribution in [0.2, 0.25) is 0 Å². The maximum atomic E-state index is 12.4. The molecule has 0 saturated carbocycles. The molecule has 0 saturated heterocycles. The van der Waals surface area contributed by atoms with E-state index in [0.717, 1.165) is 22.4 Å². The van der Waals surface area contributed by atoms with E-state index in [0.29, 0.717) is 19.7 Å². The zero-order valence-corrected chi connectivity index (χ0v) is 15.7. The lowest BCUT2D eigenvalue weighted by Crippen LogP contribution is -2.37. The monoisotopic (exact) mass is 369 g/mol. The van der Waals surface area contributed by atoms with E-state index >= 15 is 0 Å². The molecule has 0 aliphatic carbocycles. The average Bonchev–Trinajstić information content (AvgIpc) is 2.82. The number of carbonyl (C=O) groups excluding carboxylic acids is 1. The van der Waals surface area contributed by atoms with Crippen LogP contribution in [0.5, 0.6) is 5.75 Å². The van der Waals surface area contributed by atoms with Crippen molar-refractivity contribution >= 4 is 12.1 Å². The van der Waals surface area contributed by atoms with Gasteiger partial charge in [0.15, 0.2) is 0 Å². The second kappa shape index (κ2) is 7.31. The van der Waals surface area contributed by atoms with Gasteiger partial charge in [-0.3, -0.25) is 0 Å². The highest BCUT2D eigenvalue weighted by Crippen LogP contribution is 2.30. The molecule has 0 fully saturated rings. The van der Waals surface area contributed by atoms with E-state index < -0.39 is 11.6 Å². The average molecular weight is 369 g/mol. The summed E-state index contributed by atoms with van der Waals surface area (Å²) in [6.45, 7) is 6.76. The Kier molecular flexibility index (Phi) is 5.08. The molecule has 2 aromatic carbocycles. The van der Waals surface area contributed by atoms with Gasteiger partial charge in [-0.2, -0.15) is 0 Å². The summed E-state index contributed by atoms with van der Waals surface area (Å²) >= 11 is 0. The van der Waals surface area contributed by atoms with Crippen LogP contribution < -0.4 is 4.74 Å². The van der Waals surface area contributed by atoms with Crippen LogP contribution in [0.15, 0.2) is 42.5 Å². The number of amides is 1. The summed E-state index contributed by atoms with van der Waals surface area (Å²) in [7, 11) is 0. The number of hydrogen-bond acceptors (Lipinski definition) is 4. The summed E-state index contributed by atoms with van der Waals surface area (Å²) in [5, 5.41) is 9.03. The molecular formula is C21H23NO5. The van der Waals surface area contributed by atoms with Gasteiger partial charge in [-0.15, -0.1) is 0 Å². The minimum Gasteiger partial charge on any atom is -0.491 e. The van der Waals surface area contributed by atoms with Crippen LogP contribution >= 0.6 is 0 Å². The van der Waals surface area contributed by atoms with Crippen LogP contribution in [0.25, 0.3) is 11.1 Å². The third kappa shape index (κ3) is 4.58. The Bertz CT molecular complexity index is 852. The standard InChI is InChI=1S/C21H23NO5/c1-21(2,3)27-20(25)22-10-11-26-18-9-8-16(12-17(18)13-22)14-4-6-15(7-5-14)19(23)24/h4-9,12H,10-11,13H2,1-3H3,(H,23,24). The third-order valence-electron chi connectivity index (χ3n) is 4.16. The minimum absolute atomic E-state index is 0.243.